The molecule has 2 nitrogen and oxygen atoms in total. The predicted octanol–water partition coefficient (Wildman–Crippen LogP) is 2.79. The van der Waals surface area contributed by atoms with Gasteiger partial charge in [-0.1, -0.05) is 40.0 Å². The minimum Gasteiger partial charge on any atom is -0.316 e. The molecule has 2 heteroatoms. The molecule has 2 N–H and O–H groups in total. The van der Waals surface area contributed by atoms with E-state index in [1.54, 1.807) is 0 Å². The molecule has 0 spiro atoms. The van der Waals surface area contributed by atoms with Gasteiger partial charge in [0.15, 0.2) is 0 Å². The highest BCUT2D eigenvalue weighted by Gasteiger charge is 2.18. The highest BCUT2D eigenvalue weighted by atomic mass is 15.0. The van der Waals surface area contributed by atoms with Crippen LogP contribution in [0.5, 0.6) is 0 Å². The van der Waals surface area contributed by atoms with Gasteiger partial charge in [0.2, 0.25) is 0 Å². The SMILES string of the molecule is CCCCCC(C)(C)CNCCC1CNC1. The average Bonchev–Trinajstić information content (AvgIpc) is 2.14. The standard InChI is InChI=1S/C14H30N2/c1-4-5-6-8-14(2,3)12-15-9-7-13-10-16-11-13/h13,15-16H,4-12H2,1-3H3. The molecule has 0 aromatic heterocycles. The molecule has 0 aromatic carbocycles. The van der Waals surface area contributed by atoms with E-state index < -0.39 is 0 Å². The summed E-state index contributed by atoms with van der Waals surface area (Å²) >= 11 is 0. The third-order valence-corrected chi connectivity index (χ3v) is 3.66. The quantitative estimate of drug-likeness (QED) is 0.591. The first-order chi connectivity index (χ1) is 7.64. The van der Waals surface area contributed by atoms with Crippen molar-refractivity contribution in [3.05, 3.63) is 0 Å². The first-order valence-electron chi connectivity index (χ1n) is 7.05. The fourth-order valence-electron chi connectivity index (χ4n) is 2.23. The Balaban J connectivity index is 1.95. The summed E-state index contributed by atoms with van der Waals surface area (Å²) in [5.74, 6) is 0.940. The molecule has 1 heterocycles. The van der Waals surface area contributed by atoms with E-state index >= 15 is 0 Å². The van der Waals surface area contributed by atoms with Crippen molar-refractivity contribution in [2.45, 2.75) is 52.9 Å². The molecule has 0 saturated carbocycles. The largest absolute Gasteiger partial charge is 0.316 e. The third kappa shape index (κ3) is 5.86. The molecule has 0 bridgehead atoms. The van der Waals surface area contributed by atoms with Crippen molar-refractivity contribution in [2.75, 3.05) is 26.2 Å². The Bertz CT molecular complexity index is 174. The lowest BCUT2D eigenvalue weighted by Crippen LogP contribution is -2.43. The van der Waals surface area contributed by atoms with Gasteiger partial charge in [-0.05, 0) is 43.8 Å². The molecule has 1 rings (SSSR count). The Hall–Kier alpha value is -0.0800. The zero-order chi connectivity index (χ0) is 11.9. The molecule has 1 fully saturated rings. The average molecular weight is 226 g/mol. The van der Waals surface area contributed by atoms with Crippen LogP contribution in [0.3, 0.4) is 0 Å². The maximum Gasteiger partial charge on any atom is 0.000252 e. The predicted molar refractivity (Wildman–Crippen MR) is 71.8 cm³/mol. The molecule has 16 heavy (non-hydrogen) atoms. The molecule has 1 aliphatic heterocycles. The van der Waals surface area contributed by atoms with Crippen LogP contribution in [-0.4, -0.2) is 26.2 Å². The Morgan fingerprint density at radius 3 is 2.56 bits per heavy atom. The molecule has 1 aliphatic rings. The topological polar surface area (TPSA) is 24.1 Å². The lowest BCUT2D eigenvalue weighted by atomic mass is 9.86. The molecule has 0 unspecified atom stereocenters. The molecule has 0 radical (unpaired) electrons. The van der Waals surface area contributed by atoms with Crippen molar-refractivity contribution < 1.29 is 0 Å². The van der Waals surface area contributed by atoms with Crippen LogP contribution in [0, 0.1) is 11.3 Å². The lowest BCUT2D eigenvalue weighted by Gasteiger charge is -2.29. The van der Waals surface area contributed by atoms with Gasteiger partial charge in [-0.25, -0.2) is 0 Å². The molecular formula is C14H30N2. The Labute approximate surface area is 102 Å². The smallest absolute Gasteiger partial charge is 0.000252 e. The number of hydrogen-bond acceptors (Lipinski definition) is 2. The van der Waals surface area contributed by atoms with Crippen LogP contribution in [0.15, 0.2) is 0 Å². The van der Waals surface area contributed by atoms with E-state index in [-0.39, 0.29) is 0 Å². The summed E-state index contributed by atoms with van der Waals surface area (Å²) in [5.41, 5.74) is 0.479. The van der Waals surface area contributed by atoms with Crippen molar-refractivity contribution in [3.63, 3.8) is 0 Å². The van der Waals surface area contributed by atoms with Crippen LogP contribution in [0.2, 0.25) is 0 Å². The Morgan fingerprint density at radius 2 is 2.00 bits per heavy atom. The molecular weight excluding hydrogens is 196 g/mol. The second-order valence-corrected chi connectivity index (χ2v) is 6.11. The van der Waals surface area contributed by atoms with E-state index in [9.17, 15) is 0 Å². The molecule has 0 aromatic rings. The van der Waals surface area contributed by atoms with E-state index in [1.807, 2.05) is 0 Å². The summed E-state index contributed by atoms with van der Waals surface area (Å²) in [7, 11) is 0. The Kier molecular flexibility index (Phi) is 6.37. The summed E-state index contributed by atoms with van der Waals surface area (Å²) < 4.78 is 0. The first kappa shape index (κ1) is 14.0. The van der Waals surface area contributed by atoms with Crippen LogP contribution in [-0.2, 0) is 0 Å². The second-order valence-electron chi connectivity index (χ2n) is 6.11. The molecule has 96 valence electrons. The van der Waals surface area contributed by atoms with Gasteiger partial charge in [0, 0.05) is 6.54 Å². The monoisotopic (exact) mass is 226 g/mol. The molecule has 0 aliphatic carbocycles. The fraction of sp³-hybridized carbons (Fsp3) is 1.00. The minimum atomic E-state index is 0.479. The van der Waals surface area contributed by atoms with Gasteiger partial charge in [0.05, 0.1) is 0 Å². The van der Waals surface area contributed by atoms with Gasteiger partial charge >= 0.3 is 0 Å². The van der Waals surface area contributed by atoms with Crippen molar-refractivity contribution in [1.82, 2.24) is 10.6 Å². The molecule has 0 atom stereocenters. The van der Waals surface area contributed by atoms with Gasteiger partial charge < -0.3 is 10.6 Å². The minimum absolute atomic E-state index is 0.479. The Morgan fingerprint density at radius 1 is 1.25 bits per heavy atom. The van der Waals surface area contributed by atoms with Crippen molar-refractivity contribution in [1.29, 1.82) is 0 Å². The summed E-state index contributed by atoms with van der Waals surface area (Å²) in [6, 6.07) is 0. The maximum absolute atomic E-state index is 3.62. The molecule has 0 amide bonds. The van der Waals surface area contributed by atoms with Crippen LogP contribution in [0.4, 0.5) is 0 Å². The van der Waals surface area contributed by atoms with Gasteiger partial charge in [0.1, 0.15) is 0 Å². The highest BCUT2D eigenvalue weighted by Crippen LogP contribution is 2.22. The highest BCUT2D eigenvalue weighted by molar-refractivity contribution is 4.76. The number of unbranched alkanes of at least 4 members (excludes halogenated alkanes) is 2. The van der Waals surface area contributed by atoms with Crippen molar-refractivity contribution >= 4 is 0 Å². The van der Waals surface area contributed by atoms with Crippen molar-refractivity contribution in [3.8, 4) is 0 Å². The van der Waals surface area contributed by atoms with E-state index in [0.29, 0.717) is 5.41 Å². The normalized spacial score (nSPS) is 17.4. The molecule has 1 saturated heterocycles. The lowest BCUT2D eigenvalue weighted by molar-refractivity contribution is 0.282. The number of hydrogen-bond donors (Lipinski definition) is 2. The van der Waals surface area contributed by atoms with Crippen LogP contribution < -0.4 is 10.6 Å². The van der Waals surface area contributed by atoms with Gasteiger partial charge in [-0.2, -0.15) is 0 Å². The fourth-order valence-corrected chi connectivity index (χ4v) is 2.23. The van der Waals surface area contributed by atoms with Crippen LogP contribution in [0.1, 0.15) is 52.9 Å². The number of nitrogens with one attached hydrogen (secondary N) is 2. The summed E-state index contributed by atoms with van der Waals surface area (Å²) in [6.45, 7) is 11.9. The first-order valence-corrected chi connectivity index (χ1v) is 7.05. The van der Waals surface area contributed by atoms with Gasteiger partial charge in [-0.3, -0.25) is 0 Å². The third-order valence-electron chi connectivity index (χ3n) is 3.66. The van der Waals surface area contributed by atoms with E-state index in [0.717, 1.165) is 5.92 Å². The van der Waals surface area contributed by atoms with E-state index in [4.69, 9.17) is 0 Å². The van der Waals surface area contributed by atoms with Crippen LogP contribution in [0.25, 0.3) is 0 Å². The van der Waals surface area contributed by atoms with Gasteiger partial charge in [0.25, 0.3) is 0 Å². The van der Waals surface area contributed by atoms with Gasteiger partial charge in [-0.15, -0.1) is 0 Å². The zero-order valence-electron chi connectivity index (χ0n) is 11.4. The summed E-state index contributed by atoms with van der Waals surface area (Å²) in [5, 5.41) is 6.95. The van der Waals surface area contributed by atoms with Crippen LogP contribution >= 0.6 is 0 Å². The maximum atomic E-state index is 3.62. The van der Waals surface area contributed by atoms with E-state index in [1.165, 1.54) is 58.3 Å². The zero-order valence-corrected chi connectivity index (χ0v) is 11.4. The van der Waals surface area contributed by atoms with Crippen molar-refractivity contribution in [2.24, 2.45) is 11.3 Å². The summed E-state index contributed by atoms with van der Waals surface area (Å²) in [4.78, 5) is 0. The van der Waals surface area contributed by atoms with E-state index in [2.05, 4.69) is 31.4 Å². The number of rotatable bonds is 9. The summed E-state index contributed by atoms with van der Waals surface area (Å²) in [6.07, 6.45) is 6.81. The second kappa shape index (κ2) is 7.29.